The summed E-state index contributed by atoms with van der Waals surface area (Å²) < 4.78 is 1.94. The molecule has 28 heavy (non-hydrogen) atoms. The summed E-state index contributed by atoms with van der Waals surface area (Å²) in [4.78, 5) is 27.0. The third kappa shape index (κ3) is 2.90. The van der Waals surface area contributed by atoms with E-state index in [1.165, 1.54) is 0 Å². The zero-order valence-corrected chi connectivity index (χ0v) is 16.2. The highest BCUT2D eigenvalue weighted by Crippen LogP contribution is 2.29. The van der Waals surface area contributed by atoms with Crippen molar-refractivity contribution in [1.29, 1.82) is 0 Å². The first-order valence-corrected chi connectivity index (χ1v) is 9.72. The number of pyridine rings is 2. The van der Waals surface area contributed by atoms with E-state index in [4.69, 9.17) is 4.98 Å². The van der Waals surface area contributed by atoms with Gasteiger partial charge < -0.3 is 14.2 Å². The summed E-state index contributed by atoms with van der Waals surface area (Å²) in [7, 11) is 2.16. The van der Waals surface area contributed by atoms with Crippen LogP contribution in [0.5, 0.6) is 0 Å². The van der Waals surface area contributed by atoms with Crippen LogP contribution in [0.1, 0.15) is 23.9 Å². The monoisotopic (exact) mass is 373 g/mol. The van der Waals surface area contributed by atoms with Crippen LogP contribution in [0.15, 0.2) is 42.7 Å². The first-order chi connectivity index (χ1) is 13.6. The first kappa shape index (κ1) is 17.1. The van der Waals surface area contributed by atoms with Gasteiger partial charge in [-0.05, 0) is 49.9 Å². The van der Waals surface area contributed by atoms with Crippen LogP contribution in [0, 0.1) is 0 Å². The Balaban J connectivity index is 1.47. The molecule has 0 bridgehead atoms. The minimum Gasteiger partial charge on any atom is -0.354 e. The van der Waals surface area contributed by atoms with Gasteiger partial charge in [0.05, 0.1) is 17.8 Å². The van der Waals surface area contributed by atoms with Gasteiger partial charge >= 0.3 is 0 Å². The largest absolute Gasteiger partial charge is 0.354 e. The number of piperazine rings is 1. The molecule has 1 aliphatic heterocycles. The predicted octanol–water partition coefficient (Wildman–Crippen LogP) is 2.54. The lowest BCUT2D eigenvalue weighted by Gasteiger charge is -2.38. The smallest absolute Gasteiger partial charge is 0.171 e. The third-order valence-corrected chi connectivity index (χ3v) is 5.85. The van der Waals surface area contributed by atoms with Crippen LogP contribution in [0.2, 0.25) is 0 Å². The number of carbonyl (C=O) groups excluding carboxylic acids is 1. The molecule has 0 aromatic carbocycles. The summed E-state index contributed by atoms with van der Waals surface area (Å²) in [5, 5.41) is 0. The molecular weight excluding hydrogens is 350 g/mol. The van der Waals surface area contributed by atoms with E-state index in [-0.39, 0.29) is 5.78 Å². The number of rotatable bonds is 2. The van der Waals surface area contributed by atoms with Crippen LogP contribution in [0.3, 0.4) is 0 Å². The summed E-state index contributed by atoms with van der Waals surface area (Å²) in [6.07, 6.45) is 6.12. The molecule has 6 heteroatoms. The standard InChI is InChI=1S/C22H23N5O/c1-15-13-27(10-9-25(15)2)22-7-6-16-11-17(20(28)12-18(16)23-22)19-14-26-8-4-3-5-21(26)24-19/h3-8,11,14-15H,9-10,12-13H2,1-2H3. The number of Topliss-reactive ketones (excluding diaryl/α,β-unsaturated/α-hetero) is 1. The number of hydrogen-bond donors (Lipinski definition) is 0. The van der Waals surface area contributed by atoms with Gasteiger partial charge in [0.2, 0.25) is 0 Å². The molecule has 0 saturated carbocycles. The molecule has 0 radical (unpaired) electrons. The van der Waals surface area contributed by atoms with Gasteiger partial charge in [-0.3, -0.25) is 4.79 Å². The number of anilines is 1. The zero-order chi connectivity index (χ0) is 19.3. The van der Waals surface area contributed by atoms with E-state index in [1.54, 1.807) is 0 Å². The molecule has 0 N–H and O–H groups in total. The van der Waals surface area contributed by atoms with Crippen molar-refractivity contribution in [3.63, 3.8) is 0 Å². The normalized spacial score (nSPS) is 20.4. The second kappa shape index (κ2) is 6.56. The summed E-state index contributed by atoms with van der Waals surface area (Å²) >= 11 is 0. The number of aromatic nitrogens is 3. The van der Waals surface area contributed by atoms with Gasteiger partial charge in [0, 0.05) is 43.6 Å². The van der Waals surface area contributed by atoms with E-state index >= 15 is 0 Å². The molecule has 4 heterocycles. The number of likely N-dealkylation sites (N-methyl/N-ethyl adjacent to an activating group) is 1. The fraction of sp³-hybridized carbons (Fsp3) is 0.318. The SMILES string of the molecule is CC1CN(c2ccc3c(n2)CC(=O)C(c2cn4ccccc4n2)=C3)CCN1C. The molecule has 1 fully saturated rings. The van der Waals surface area contributed by atoms with Crippen LogP contribution in [-0.2, 0) is 11.2 Å². The van der Waals surface area contributed by atoms with Crippen LogP contribution in [0.4, 0.5) is 5.82 Å². The molecule has 0 spiro atoms. The Bertz CT molecular complexity index is 1070. The Morgan fingerprint density at radius 1 is 1.11 bits per heavy atom. The van der Waals surface area contributed by atoms with E-state index in [9.17, 15) is 4.79 Å². The highest BCUT2D eigenvalue weighted by Gasteiger charge is 2.25. The molecule has 3 aromatic rings. The number of carbonyl (C=O) groups is 1. The Morgan fingerprint density at radius 3 is 2.82 bits per heavy atom. The van der Waals surface area contributed by atoms with Gasteiger partial charge in [-0.15, -0.1) is 0 Å². The first-order valence-electron chi connectivity index (χ1n) is 9.72. The molecule has 142 valence electrons. The van der Waals surface area contributed by atoms with Crippen molar-refractivity contribution in [1.82, 2.24) is 19.3 Å². The summed E-state index contributed by atoms with van der Waals surface area (Å²) in [5.41, 5.74) is 4.10. The second-order valence-electron chi connectivity index (χ2n) is 7.73. The van der Waals surface area contributed by atoms with Gasteiger partial charge in [0.25, 0.3) is 0 Å². The number of ketones is 1. The van der Waals surface area contributed by atoms with E-state index in [2.05, 4.69) is 40.9 Å². The molecule has 6 nitrogen and oxygen atoms in total. The van der Waals surface area contributed by atoms with E-state index in [1.807, 2.05) is 41.1 Å². The highest BCUT2D eigenvalue weighted by molar-refractivity contribution is 6.27. The summed E-state index contributed by atoms with van der Waals surface area (Å²) in [5.74, 6) is 1.04. The fourth-order valence-electron chi connectivity index (χ4n) is 3.97. The van der Waals surface area contributed by atoms with E-state index in [0.717, 1.165) is 48.1 Å². The average molecular weight is 373 g/mol. The van der Waals surface area contributed by atoms with Crippen LogP contribution in [-0.4, -0.2) is 57.8 Å². The van der Waals surface area contributed by atoms with Crippen molar-refractivity contribution in [3.05, 3.63) is 59.7 Å². The van der Waals surface area contributed by atoms with Gasteiger partial charge in [-0.1, -0.05) is 6.07 Å². The molecule has 2 aliphatic rings. The van der Waals surface area contributed by atoms with Crippen molar-refractivity contribution in [3.8, 4) is 0 Å². The van der Waals surface area contributed by atoms with Crippen LogP contribution < -0.4 is 4.90 Å². The maximum absolute atomic E-state index is 12.8. The average Bonchev–Trinajstić information content (AvgIpc) is 3.13. The fourth-order valence-corrected chi connectivity index (χ4v) is 3.97. The van der Waals surface area contributed by atoms with Gasteiger partial charge in [0.15, 0.2) is 5.78 Å². The van der Waals surface area contributed by atoms with Crippen molar-refractivity contribution in [2.45, 2.75) is 19.4 Å². The second-order valence-corrected chi connectivity index (χ2v) is 7.73. The Kier molecular flexibility index (Phi) is 4.02. The third-order valence-electron chi connectivity index (χ3n) is 5.85. The number of hydrogen-bond acceptors (Lipinski definition) is 5. The van der Waals surface area contributed by atoms with E-state index in [0.29, 0.717) is 18.0 Å². The lowest BCUT2D eigenvalue weighted by atomic mass is 9.93. The Labute approximate surface area is 164 Å². The van der Waals surface area contributed by atoms with Crippen molar-refractivity contribution in [2.24, 2.45) is 0 Å². The quantitative estimate of drug-likeness (QED) is 0.691. The number of imidazole rings is 1. The van der Waals surface area contributed by atoms with Crippen molar-refractivity contribution >= 4 is 28.9 Å². The molecule has 1 aliphatic carbocycles. The molecule has 3 aromatic heterocycles. The number of allylic oxidation sites excluding steroid dienone is 1. The summed E-state index contributed by atoms with van der Waals surface area (Å²) in [6, 6.07) is 10.5. The minimum atomic E-state index is 0.0762. The Morgan fingerprint density at radius 2 is 2.00 bits per heavy atom. The van der Waals surface area contributed by atoms with Crippen molar-refractivity contribution < 1.29 is 4.79 Å². The molecular formula is C22H23N5O. The molecule has 1 saturated heterocycles. The molecule has 5 rings (SSSR count). The lowest BCUT2D eigenvalue weighted by Crippen LogP contribution is -2.50. The molecule has 0 amide bonds. The van der Waals surface area contributed by atoms with Crippen LogP contribution >= 0.6 is 0 Å². The van der Waals surface area contributed by atoms with Gasteiger partial charge in [0.1, 0.15) is 11.5 Å². The topological polar surface area (TPSA) is 53.7 Å². The highest BCUT2D eigenvalue weighted by atomic mass is 16.1. The lowest BCUT2D eigenvalue weighted by molar-refractivity contribution is -0.113. The van der Waals surface area contributed by atoms with Gasteiger partial charge in [-0.25, -0.2) is 9.97 Å². The number of fused-ring (bicyclic) bond motifs is 2. The molecule has 1 unspecified atom stereocenters. The minimum absolute atomic E-state index is 0.0762. The van der Waals surface area contributed by atoms with E-state index < -0.39 is 0 Å². The maximum atomic E-state index is 12.8. The predicted molar refractivity (Wildman–Crippen MR) is 110 cm³/mol. The maximum Gasteiger partial charge on any atom is 0.171 e. The van der Waals surface area contributed by atoms with Gasteiger partial charge in [-0.2, -0.15) is 0 Å². The van der Waals surface area contributed by atoms with Crippen LogP contribution in [0.25, 0.3) is 17.3 Å². The van der Waals surface area contributed by atoms with Crippen molar-refractivity contribution in [2.75, 3.05) is 31.6 Å². The summed E-state index contributed by atoms with van der Waals surface area (Å²) in [6.45, 7) is 5.18. The zero-order valence-electron chi connectivity index (χ0n) is 16.2. The Hall–Kier alpha value is -2.99. The number of nitrogens with zero attached hydrogens (tertiary/aromatic N) is 5. The molecule has 1 atom stereocenters.